The SMILES string of the molecule is CC(C)(C)n1cc(F)c2c(=O)[nH]cnc21.CC(C)(C)n1cc(F)c2c(N)ncnc21.CC(C)(C)n1cnc2c(=O)[nH]ncc21.CC(C)(C)n1cnc2c(N)nc(N)nc21.CNc1ncnc2c1ncn2C(C)(C)C.Cn1cnc2c(c(F)cn2C(C)(C)C)c1=O. The van der Waals surface area contributed by atoms with Crippen LogP contribution in [-0.2, 0) is 40.3 Å². The lowest BCUT2D eigenvalue weighted by Gasteiger charge is -2.21. The molecule has 0 aliphatic heterocycles. The number of aryl methyl sites for hydroxylation is 1. The molecule has 31 heteroatoms. The highest BCUT2D eigenvalue weighted by atomic mass is 19.1. The highest BCUT2D eigenvalue weighted by Gasteiger charge is 2.26. The van der Waals surface area contributed by atoms with Gasteiger partial charge in [0, 0.05) is 65.9 Å². The summed E-state index contributed by atoms with van der Waals surface area (Å²) in [5.74, 6) is 0.0147. The maximum absolute atomic E-state index is 13.7. The van der Waals surface area contributed by atoms with Crippen LogP contribution < -0.4 is 39.2 Å². The fourth-order valence-electron chi connectivity index (χ4n) is 9.10. The molecule has 0 fully saturated rings. The fraction of sp³-hybridized carbons (Fsp3) is 0.441. The zero-order chi connectivity index (χ0) is 67.1. The second kappa shape index (κ2) is 24.8. The van der Waals surface area contributed by atoms with E-state index in [-0.39, 0.29) is 72.7 Å². The minimum absolute atomic E-state index is 0.0197. The summed E-state index contributed by atoms with van der Waals surface area (Å²) in [7, 11) is 3.39. The molecule has 0 unspecified atom stereocenters. The number of fused-ring (bicyclic) bond motifs is 6. The first kappa shape index (κ1) is 67.4. The van der Waals surface area contributed by atoms with Crippen molar-refractivity contribution in [2.75, 3.05) is 29.6 Å². The van der Waals surface area contributed by atoms with Crippen molar-refractivity contribution < 1.29 is 13.2 Å². The van der Waals surface area contributed by atoms with Gasteiger partial charge in [-0.1, -0.05) is 0 Å². The van der Waals surface area contributed by atoms with Gasteiger partial charge in [-0.15, -0.1) is 0 Å². The Bertz CT molecular complexity index is 4730. The number of nitrogens with one attached hydrogen (secondary N) is 3. The molecule has 12 rings (SSSR count). The summed E-state index contributed by atoms with van der Waals surface area (Å²) in [6.45, 7) is 36.2. The highest BCUT2D eigenvalue weighted by Crippen LogP contribution is 2.29. The molecule has 480 valence electrons. The summed E-state index contributed by atoms with van der Waals surface area (Å²) in [6.07, 6.45) is 16.4. The van der Waals surface area contributed by atoms with Crippen molar-refractivity contribution in [2.45, 2.75) is 158 Å². The van der Waals surface area contributed by atoms with E-state index >= 15 is 0 Å². The second-order valence-corrected chi connectivity index (χ2v) is 26.9. The van der Waals surface area contributed by atoms with Gasteiger partial charge in [-0.3, -0.25) is 14.4 Å². The molecule has 90 heavy (non-hydrogen) atoms. The van der Waals surface area contributed by atoms with E-state index in [2.05, 4.69) is 138 Å². The number of nitrogens with two attached hydrogens (primary N) is 3. The maximum atomic E-state index is 13.7. The first-order valence-electron chi connectivity index (χ1n) is 28.4. The molecule has 0 radical (unpaired) electrons. The largest absolute Gasteiger partial charge is 0.383 e. The minimum Gasteiger partial charge on any atom is -0.383 e. The van der Waals surface area contributed by atoms with Gasteiger partial charge in [0.05, 0.1) is 48.7 Å². The number of imidazole rings is 3. The molecule has 0 saturated heterocycles. The number of aromatic nitrogens is 21. The number of H-pyrrole nitrogens is 2. The molecule has 0 aromatic carbocycles. The number of nitrogen functional groups attached to an aromatic ring is 3. The molecule has 28 nitrogen and oxygen atoms in total. The molecule has 0 bridgehead atoms. The molecule has 12 heterocycles. The Morgan fingerprint density at radius 1 is 0.456 bits per heavy atom. The van der Waals surface area contributed by atoms with Crippen molar-refractivity contribution in [2.24, 2.45) is 7.05 Å². The standard InChI is InChI=1S/C11H14FN3O.C10H13FN4.C10H12FN3O.C10H15N5.C9H14N6.C9H12N4O/c1-11(2,3)15-5-7(12)8-9(15)13-6-14(4)10(8)16;1-10(2,3)15-4-6(11)7-8(12)13-5-14-9(7)15;1-10(2,3)14-4-6(11)7-8(14)12-5-13-9(7)15;1-10(2,3)15-6-14-7-8(11-4)12-5-13-9(7)15;1-9(2,3)15-4-12-5-6(10)13-8(11)14-7(5)15;1-9(2,3)13-5-10-7-6(13)4-11-12-8(7)14/h5-6H,1-4H3;4-5H,1-3H3,(H2,12,13,14);4-5H,1-3H3,(H,12,13,15);5-6H,1-4H3,(H,11,12,13);4H,1-3H3,(H4,10,11,13,14);4-5H,1-3H3,(H,12,14). The first-order valence-corrected chi connectivity index (χ1v) is 28.4. The van der Waals surface area contributed by atoms with Crippen molar-refractivity contribution in [1.29, 1.82) is 0 Å². The van der Waals surface area contributed by atoms with Gasteiger partial charge in [-0.05, 0) is 125 Å². The smallest absolute Gasteiger partial charge is 0.292 e. The van der Waals surface area contributed by atoms with Crippen LogP contribution in [0.25, 0.3) is 66.5 Å². The first-order chi connectivity index (χ1) is 41.6. The maximum Gasteiger partial charge on any atom is 0.292 e. The average Bonchev–Trinajstić information content (AvgIpc) is 2.21. The topological polar surface area (TPSA) is 362 Å². The van der Waals surface area contributed by atoms with Crippen LogP contribution in [0.5, 0.6) is 0 Å². The molecule has 0 atom stereocenters. The van der Waals surface area contributed by atoms with Gasteiger partial charge >= 0.3 is 0 Å². The minimum atomic E-state index is -0.533. The third-order valence-corrected chi connectivity index (χ3v) is 13.6. The van der Waals surface area contributed by atoms with E-state index in [9.17, 15) is 27.6 Å². The average molecular weight is 1240 g/mol. The van der Waals surface area contributed by atoms with Crippen molar-refractivity contribution in [3.05, 3.63) is 118 Å². The van der Waals surface area contributed by atoms with Crippen molar-refractivity contribution in [1.82, 2.24) is 102 Å². The lowest BCUT2D eigenvalue weighted by Crippen LogP contribution is -2.23. The summed E-state index contributed by atoms with van der Waals surface area (Å²) in [5.41, 5.74) is 20.2. The molecule has 0 spiro atoms. The van der Waals surface area contributed by atoms with Crippen LogP contribution in [-0.4, -0.2) is 109 Å². The van der Waals surface area contributed by atoms with Crippen LogP contribution in [0.1, 0.15) is 125 Å². The summed E-state index contributed by atoms with van der Waals surface area (Å²) in [5, 5.41) is 9.50. The Labute approximate surface area is 515 Å². The van der Waals surface area contributed by atoms with E-state index in [0.717, 1.165) is 22.5 Å². The number of aromatic amines is 2. The van der Waals surface area contributed by atoms with E-state index in [1.165, 1.54) is 42.1 Å². The van der Waals surface area contributed by atoms with E-state index in [1.54, 1.807) is 52.3 Å². The zero-order valence-corrected chi connectivity index (χ0v) is 54.4. The highest BCUT2D eigenvalue weighted by molar-refractivity contribution is 5.87. The fourth-order valence-corrected chi connectivity index (χ4v) is 9.10. The van der Waals surface area contributed by atoms with E-state index < -0.39 is 17.2 Å². The lowest BCUT2D eigenvalue weighted by molar-refractivity contribution is 0.403. The predicted octanol–water partition coefficient (Wildman–Crippen LogP) is 8.40. The Hall–Kier alpha value is -10.1. The number of halogens is 3. The van der Waals surface area contributed by atoms with Crippen LogP contribution in [0, 0.1) is 17.5 Å². The number of rotatable bonds is 1. The van der Waals surface area contributed by atoms with Crippen LogP contribution >= 0.6 is 0 Å². The van der Waals surface area contributed by atoms with E-state index in [1.807, 2.05) is 83.1 Å². The summed E-state index contributed by atoms with van der Waals surface area (Å²) >= 11 is 0. The summed E-state index contributed by atoms with van der Waals surface area (Å²) in [6, 6.07) is 0. The van der Waals surface area contributed by atoms with Crippen molar-refractivity contribution >= 4 is 89.9 Å². The van der Waals surface area contributed by atoms with E-state index in [4.69, 9.17) is 17.2 Å². The molecule has 12 aromatic heterocycles. The number of nitrogens with zero attached hydrogens (tertiary/aromatic N) is 19. The molecular weight excluding hydrogens is 1160 g/mol. The van der Waals surface area contributed by atoms with Crippen molar-refractivity contribution in [3.63, 3.8) is 0 Å². The van der Waals surface area contributed by atoms with Gasteiger partial charge in [-0.2, -0.15) is 15.1 Å². The predicted molar refractivity (Wildman–Crippen MR) is 344 cm³/mol. The van der Waals surface area contributed by atoms with Gasteiger partial charge in [0.15, 0.2) is 57.2 Å². The molecular formula is C59H80F3N25O3. The Morgan fingerprint density at radius 2 is 0.911 bits per heavy atom. The number of hydrogen-bond donors (Lipinski definition) is 6. The van der Waals surface area contributed by atoms with Crippen LogP contribution in [0.3, 0.4) is 0 Å². The Morgan fingerprint density at radius 3 is 1.46 bits per heavy atom. The summed E-state index contributed by atoms with van der Waals surface area (Å²) in [4.78, 5) is 81.8. The zero-order valence-electron chi connectivity index (χ0n) is 54.4. The van der Waals surface area contributed by atoms with Gasteiger partial charge < -0.3 is 59.5 Å². The number of hydrogen-bond acceptors (Lipinski definition) is 19. The van der Waals surface area contributed by atoms with Crippen LogP contribution in [0.4, 0.5) is 36.6 Å². The number of anilines is 4. The summed E-state index contributed by atoms with van der Waals surface area (Å²) < 4.78 is 53.1. The molecule has 0 saturated carbocycles. The normalized spacial score (nSPS) is 12.2. The second-order valence-electron chi connectivity index (χ2n) is 26.9. The van der Waals surface area contributed by atoms with Gasteiger partial charge in [0.1, 0.15) is 45.9 Å². The molecule has 9 N–H and O–H groups in total. The third-order valence-electron chi connectivity index (χ3n) is 13.6. The van der Waals surface area contributed by atoms with Crippen LogP contribution in [0.15, 0.2) is 83.5 Å². The van der Waals surface area contributed by atoms with Gasteiger partial charge in [0.2, 0.25) is 5.95 Å². The van der Waals surface area contributed by atoms with Crippen molar-refractivity contribution in [3.8, 4) is 0 Å². The van der Waals surface area contributed by atoms with Gasteiger partial charge in [0.25, 0.3) is 16.7 Å². The van der Waals surface area contributed by atoms with Crippen LogP contribution in [0.2, 0.25) is 0 Å². The van der Waals surface area contributed by atoms with E-state index in [0.29, 0.717) is 44.8 Å². The Kier molecular flexibility index (Phi) is 18.6. The quantitative estimate of drug-likeness (QED) is 0.0898. The monoisotopic (exact) mass is 1240 g/mol. The lowest BCUT2D eigenvalue weighted by atomic mass is 10.1. The third kappa shape index (κ3) is 14.2. The molecule has 12 aromatic rings. The molecule has 0 amide bonds. The van der Waals surface area contributed by atoms with Gasteiger partial charge in [-0.25, -0.2) is 63.1 Å². The molecule has 0 aliphatic rings. The molecule has 0 aliphatic carbocycles. The Balaban J connectivity index is 0.000000154.